The summed E-state index contributed by atoms with van der Waals surface area (Å²) in [6.07, 6.45) is 3.66. The van der Waals surface area contributed by atoms with Gasteiger partial charge in [-0.2, -0.15) is 10.4 Å². The van der Waals surface area contributed by atoms with Crippen molar-refractivity contribution in [2.75, 3.05) is 17.6 Å². The molecule has 3 N–H and O–H groups in total. The first-order valence-corrected chi connectivity index (χ1v) is 5.30. The average molecular weight is 227 g/mol. The minimum atomic E-state index is 0.495. The van der Waals surface area contributed by atoms with Crippen molar-refractivity contribution in [3.8, 4) is 6.07 Å². The average Bonchev–Trinajstić information content (AvgIpc) is 2.84. The number of nitrogens with two attached hydrogens (primary N) is 1. The maximum absolute atomic E-state index is 8.85. The third-order valence-electron chi connectivity index (χ3n) is 2.40. The molecule has 0 aliphatic carbocycles. The first kappa shape index (κ1) is 11.0. The van der Waals surface area contributed by atoms with Crippen molar-refractivity contribution in [2.24, 2.45) is 0 Å². The summed E-state index contributed by atoms with van der Waals surface area (Å²) in [5.41, 5.74) is 7.53. The van der Waals surface area contributed by atoms with E-state index in [2.05, 4.69) is 16.5 Å². The highest BCUT2D eigenvalue weighted by Gasteiger charge is 1.99. The van der Waals surface area contributed by atoms with Crippen LogP contribution in [0.25, 0.3) is 0 Å². The molecule has 1 aromatic carbocycles. The Hall–Kier alpha value is -2.48. The van der Waals surface area contributed by atoms with Crippen LogP contribution in [0.15, 0.2) is 36.7 Å². The van der Waals surface area contributed by atoms with Crippen LogP contribution in [0.5, 0.6) is 0 Å². The fourth-order valence-electron chi connectivity index (χ4n) is 1.51. The van der Waals surface area contributed by atoms with Crippen LogP contribution in [0.4, 0.5) is 11.4 Å². The molecule has 17 heavy (non-hydrogen) atoms. The topological polar surface area (TPSA) is 79.7 Å². The molecule has 2 rings (SSSR count). The number of aromatic nitrogens is 2. The van der Waals surface area contributed by atoms with Gasteiger partial charge in [0.2, 0.25) is 0 Å². The lowest BCUT2D eigenvalue weighted by Crippen LogP contribution is -2.10. The molecule has 0 spiro atoms. The van der Waals surface area contributed by atoms with Crippen molar-refractivity contribution in [2.45, 2.75) is 6.54 Å². The molecule has 0 fully saturated rings. The molecule has 0 aliphatic rings. The predicted octanol–water partition coefficient (Wildman–Crippen LogP) is 1.45. The molecule has 5 heteroatoms. The Labute approximate surface area is 99.5 Å². The Morgan fingerprint density at radius 2 is 2.35 bits per heavy atom. The second-order valence-electron chi connectivity index (χ2n) is 3.61. The lowest BCUT2D eigenvalue weighted by Gasteiger charge is -2.07. The number of nitrogen functional groups attached to an aromatic ring is 1. The van der Waals surface area contributed by atoms with Gasteiger partial charge in [0.15, 0.2) is 0 Å². The van der Waals surface area contributed by atoms with Gasteiger partial charge in [-0.25, -0.2) is 0 Å². The molecule has 0 saturated heterocycles. The monoisotopic (exact) mass is 227 g/mol. The molecular formula is C12H13N5. The summed E-state index contributed by atoms with van der Waals surface area (Å²) in [6, 6.07) is 9.28. The minimum absolute atomic E-state index is 0.495. The smallest absolute Gasteiger partial charge is 0.101 e. The lowest BCUT2D eigenvalue weighted by molar-refractivity contribution is 0.638. The largest absolute Gasteiger partial charge is 0.398 e. The van der Waals surface area contributed by atoms with Crippen LogP contribution in [0, 0.1) is 11.3 Å². The number of nitrogens with zero attached hydrogens (tertiary/aromatic N) is 3. The van der Waals surface area contributed by atoms with E-state index in [1.807, 2.05) is 23.0 Å². The maximum Gasteiger partial charge on any atom is 0.101 e. The fraction of sp³-hybridized carbons (Fsp3) is 0.167. The van der Waals surface area contributed by atoms with Crippen LogP contribution in [0.1, 0.15) is 5.56 Å². The SMILES string of the molecule is N#Cc1cc(NCCn2cccn2)ccc1N. The van der Waals surface area contributed by atoms with Gasteiger partial charge in [-0.3, -0.25) is 4.68 Å². The van der Waals surface area contributed by atoms with E-state index in [9.17, 15) is 0 Å². The zero-order valence-corrected chi connectivity index (χ0v) is 9.30. The predicted molar refractivity (Wildman–Crippen MR) is 66.3 cm³/mol. The van der Waals surface area contributed by atoms with Crippen LogP contribution in [-0.2, 0) is 6.54 Å². The summed E-state index contributed by atoms with van der Waals surface area (Å²) in [6.45, 7) is 1.52. The molecular weight excluding hydrogens is 214 g/mol. The van der Waals surface area contributed by atoms with E-state index in [-0.39, 0.29) is 0 Å². The highest BCUT2D eigenvalue weighted by molar-refractivity contribution is 5.61. The first-order chi connectivity index (χ1) is 8.29. The van der Waals surface area contributed by atoms with Crippen molar-refractivity contribution >= 4 is 11.4 Å². The minimum Gasteiger partial charge on any atom is -0.398 e. The standard InChI is InChI=1S/C12H13N5/c13-9-10-8-11(2-3-12(10)14)15-5-7-17-6-1-4-16-17/h1-4,6,8,15H,5,7,14H2. The van der Waals surface area contributed by atoms with Gasteiger partial charge in [-0.1, -0.05) is 0 Å². The summed E-state index contributed by atoms with van der Waals surface area (Å²) in [4.78, 5) is 0. The molecule has 1 aromatic heterocycles. The van der Waals surface area contributed by atoms with E-state index >= 15 is 0 Å². The highest BCUT2D eigenvalue weighted by atomic mass is 15.3. The summed E-state index contributed by atoms with van der Waals surface area (Å²) >= 11 is 0. The number of hydrogen-bond donors (Lipinski definition) is 2. The second kappa shape index (κ2) is 5.03. The van der Waals surface area contributed by atoms with Gasteiger partial charge >= 0.3 is 0 Å². The Morgan fingerprint density at radius 3 is 3.06 bits per heavy atom. The number of rotatable bonds is 4. The summed E-state index contributed by atoms with van der Waals surface area (Å²) < 4.78 is 1.84. The van der Waals surface area contributed by atoms with Crippen LogP contribution < -0.4 is 11.1 Å². The van der Waals surface area contributed by atoms with Crippen molar-refractivity contribution in [1.29, 1.82) is 5.26 Å². The highest BCUT2D eigenvalue weighted by Crippen LogP contribution is 2.16. The molecule has 5 nitrogen and oxygen atoms in total. The van der Waals surface area contributed by atoms with Gasteiger partial charge in [-0.15, -0.1) is 0 Å². The number of nitriles is 1. The van der Waals surface area contributed by atoms with Gasteiger partial charge in [0.25, 0.3) is 0 Å². The zero-order valence-electron chi connectivity index (χ0n) is 9.30. The van der Waals surface area contributed by atoms with E-state index in [4.69, 9.17) is 11.0 Å². The molecule has 0 saturated carbocycles. The molecule has 0 amide bonds. The van der Waals surface area contributed by atoms with Gasteiger partial charge < -0.3 is 11.1 Å². The maximum atomic E-state index is 8.85. The molecule has 0 radical (unpaired) electrons. The Morgan fingerprint density at radius 1 is 1.47 bits per heavy atom. The summed E-state index contributed by atoms with van der Waals surface area (Å²) in [5, 5.41) is 16.2. The molecule has 86 valence electrons. The molecule has 2 aromatic rings. The van der Waals surface area contributed by atoms with Crippen molar-refractivity contribution in [3.05, 3.63) is 42.2 Å². The summed E-state index contributed by atoms with van der Waals surface area (Å²) in [5.74, 6) is 0. The lowest BCUT2D eigenvalue weighted by atomic mass is 10.2. The van der Waals surface area contributed by atoms with Crippen LogP contribution in [-0.4, -0.2) is 16.3 Å². The van der Waals surface area contributed by atoms with Gasteiger partial charge in [0.1, 0.15) is 6.07 Å². The second-order valence-corrected chi connectivity index (χ2v) is 3.61. The van der Waals surface area contributed by atoms with Crippen molar-refractivity contribution < 1.29 is 0 Å². The Bertz CT molecular complexity index is 524. The number of anilines is 2. The third-order valence-corrected chi connectivity index (χ3v) is 2.40. The molecule has 0 atom stereocenters. The Balaban J connectivity index is 1.93. The molecule has 0 aliphatic heterocycles. The van der Waals surface area contributed by atoms with Crippen LogP contribution in [0.2, 0.25) is 0 Å². The fourth-order valence-corrected chi connectivity index (χ4v) is 1.51. The molecule has 0 unspecified atom stereocenters. The first-order valence-electron chi connectivity index (χ1n) is 5.30. The van der Waals surface area contributed by atoms with E-state index in [1.165, 1.54) is 0 Å². The van der Waals surface area contributed by atoms with Gasteiger partial charge in [0.05, 0.1) is 12.1 Å². The zero-order chi connectivity index (χ0) is 12.1. The third kappa shape index (κ3) is 2.75. The van der Waals surface area contributed by atoms with Gasteiger partial charge in [0, 0.05) is 30.3 Å². The van der Waals surface area contributed by atoms with Crippen LogP contribution >= 0.6 is 0 Å². The van der Waals surface area contributed by atoms with Crippen LogP contribution in [0.3, 0.4) is 0 Å². The van der Waals surface area contributed by atoms with E-state index < -0.39 is 0 Å². The van der Waals surface area contributed by atoms with E-state index in [1.54, 1.807) is 18.3 Å². The molecule has 1 heterocycles. The normalized spacial score (nSPS) is 9.82. The number of hydrogen-bond acceptors (Lipinski definition) is 4. The van der Waals surface area contributed by atoms with Crippen molar-refractivity contribution in [3.63, 3.8) is 0 Å². The Kier molecular flexibility index (Phi) is 3.26. The summed E-state index contributed by atoms with van der Waals surface area (Å²) in [7, 11) is 0. The van der Waals surface area contributed by atoms with Gasteiger partial charge in [-0.05, 0) is 24.3 Å². The van der Waals surface area contributed by atoms with E-state index in [0.29, 0.717) is 11.3 Å². The number of benzene rings is 1. The quantitative estimate of drug-likeness (QED) is 0.775. The van der Waals surface area contributed by atoms with E-state index in [0.717, 1.165) is 18.8 Å². The molecule has 0 bridgehead atoms. The number of nitrogens with one attached hydrogen (secondary N) is 1. The van der Waals surface area contributed by atoms with Crippen molar-refractivity contribution in [1.82, 2.24) is 9.78 Å².